The Hall–Kier alpha value is -0.920. The maximum absolute atomic E-state index is 11.4. The molecule has 0 aliphatic heterocycles. The summed E-state index contributed by atoms with van der Waals surface area (Å²) in [5.74, 6) is -0.401. The highest BCUT2D eigenvalue weighted by atomic mass is 32.2. The number of hydrogen-bond acceptors (Lipinski definition) is 4. The molecule has 0 radical (unpaired) electrons. The zero-order valence-electron chi connectivity index (χ0n) is 14.1. The molecule has 0 fully saturated rings. The van der Waals surface area contributed by atoms with Crippen LogP contribution in [-0.4, -0.2) is 61.8 Å². The maximum Gasteiger partial charge on any atom is 0.246 e. The number of carbonyl (C=O) groups is 1. The van der Waals surface area contributed by atoms with Gasteiger partial charge in [0, 0.05) is 24.3 Å². The summed E-state index contributed by atoms with van der Waals surface area (Å²) in [6.45, 7) is 13.8. The lowest BCUT2D eigenvalue weighted by molar-refractivity contribution is -0.925. The van der Waals surface area contributed by atoms with Crippen LogP contribution in [0.4, 0.5) is 0 Å². The molecule has 0 rings (SSSR count). The van der Waals surface area contributed by atoms with E-state index in [0.29, 0.717) is 18.5 Å². The number of amides is 1. The molecular weight excluding hydrogens is 304 g/mol. The summed E-state index contributed by atoms with van der Waals surface area (Å²) in [5.41, 5.74) is 0.505. The molecule has 0 aromatic carbocycles. The Morgan fingerprint density at radius 3 is 2.14 bits per heavy atom. The van der Waals surface area contributed by atoms with E-state index in [1.54, 1.807) is 6.92 Å². The van der Waals surface area contributed by atoms with Crippen LogP contribution in [-0.2, 0) is 14.9 Å². The molecule has 0 saturated heterocycles. The van der Waals surface area contributed by atoms with E-state index in [9.17, 15) is 17.8 Å². The van der Waals surface area contributed by atoms with Crippen molar-refractivity contribution in [3.8, 4) is 0 Å². The molecule has 7 heteroatoms. The lowest BCUT2D eigenvalue weighted by Gasteiger charge is -2.37. The topological polar surface area (TPSA) is 86.3 Å². The van der Waals surface area contributed by atoms with E-state index < -0.39 is 10.1 Å². The average molecular weight is 334 g/mol. The highest BCUT2D eigenvalue weighted by Gasteiger charge is 2.22. The Bertz CT molecular complexity index is 456. The van der Waals surface area contributed by atoms with Gasteiger partial charge in [0.05, 0.1) is 36.3 Å². The number of nitrogens with zero attached hydrogens (tertiary/aromatic N) is 1. The summed E-state index contributed by atoms with van der Waals surface area (Å²) in [5, 5.41) is 2.82. The quantitative estimate of drug-likeness (QED) is 0.252. The van der Waals surface area contributed by atoms with Crippen molar-refractivity contribution in [3.63, 3.8) is 0 Å². The molecule has 0 unspecified atom stereocenters. The van der Waals surface area contributed by atoms with Gasteiger partial charge in [-0.15, -0.1) is 0 Å². The van der Waals surface area contributed by atoms with Crippen LogP contribution in [0.25, 0.3) is 0 Å². The third kappa shape index (κ3) is 9.17. The molecule has 0 atom stereocenters. The van der Waals surface area contributed by atoms with Gasteiger partial charge in [-0.1, -0.05) is 6.58 Å². The van der Waals surface area contributed by atoms with Gasteiger partial charge in [-0.25, -0.2) is 8.42 Å². The fourth-order valence-corrected chi connectivity index (χ4v) is 3.02. The number of quaternary nitrogens is 1. The smallest absolute Gasteiger partial charge is 0.246 e. The molecule has 0 aromatic heterocycles. The molecule has 0 aliphatic carbocycles. The van der Waals surface area contributed by atoms with Crippen molar-refractivity contribution in [1.82, 2.24) is 5.32 Å². The molecule has 0 bridgehead atoms. The Morgan fingerprint density at radius 2 is 1.68 bits per heavy atom. The number of unbranched alkanes of at least 4 members (excludes halogenated alkanes) is 1. The lowest BCUT2D eigenvalue weighted by Crippen LogP contribution is -2.49. The minimum Gasteiger partial charge on any atom is -0.748 e. The van der Waals surface area contributed by atoms with Crippen LogP contribution >= 0.6 is 0 Å². The molecule has 0 heterocycles. The number of nitrogens with one attached hydrogen (secondary N) is 1. The number of rotatable bonds is 12. The van der Waals surface area contributed by atoms with Crippen molar-refractivity contribution in [3.05, 3.63) is 12.2 Å². The predicted octanol–water partition coefficient (Wildman–Crippen LogP) is 1.25. The molecule has 22 heavy (non-hydrogen) atoms. The van der Waals surface area contributed by atoms with Crippen molar-refractivity contribution in [2.75, 3.05) is 38.5 Å². The lowest BCUT2D eigenvalue weighted by atomic mass is 10.2. The average Bonchev–Trinajstić information content (AvgIpc) is 2.44. The largest absolute Gasteiger partial charge is 0.748 e. The van der Waals surface area contributed by atoms with E-state index >= 15 is 0 Å². The van der Waals surface area contributed by atoms with E-state index in [4.69, 9.17) is 0 Å². The third-order valence-electron chi connectivity index (χ3n) is 4.10. The molecular formula is C15H30N2O4S. The molecule has 6 nitrogen and oxygen atoms in total. The van der Waals surface area contributed by atoms with Crippen molar-refractivity contribution in [1.29, 1.82) is 0 Å². The first-order valence-corrected chi connectivity index (χ1v) is 9.46. The zero-order valence-corrected chi connectivity index (χ0v) is 14.9. The second-order valence-electron chi connectivity index (χ2n) is 5.78. The van der Waals surface area contributed by atoms with Gasteiger partial charge in [-0.05, 0) is 33.6 Å². The van der Waals surface area contributed by atoms with E-state index in [1.807, 2.05) is 0 Å². The van der Waals surface area contributed by atoms with Gasteiger partial charge in [-0.2, -0.15) is 0 Å². The number of hydrogen-bond donors (Lipinski definition) is 1. The van der Waals surface area contributed by atoms with Crippen LogP contribution in [0.2, 0.25) is 0 Å². The van der Waals surface area contributed by atoms with E-state index in [1.165, 1.54) is 0 Å². The van der Waals surface area contributed by atoms with Crippen LogP contribution in [0.15, 0.2) is 12.2 Å². The molecule has 130 valence electrons. The highest BCUT2D eigenvalue weighted by molar-refractivity contribution is 7.85. The predicted molar refractivity (Wildman–Crippen MR) is 87.3 cm³/mol. The van der Waals surface area contributed by atoms with E-state index in [0.717, 1.165) is 43.5 Å². The minimum atomic E-state index is -4.11. The van der Waals surface area contributed by atoms with Crippen LogP contribution in [0.1, 0.15) is 40.0 Å². The summed E-state index contributed by atoms with van der Waals surface area (Å²) in [6, 6.07) is 0. The maximum atomic E-state index is 11.4. The Balaban J connectivity index is 4.21. The SMILES string of the molecule is C=C(C)C(=O)NCCC[N+](CC)(CC)CCCCS(=O)(=O)[O-]. The molecule has 1 N–H and O–H groups in total. The van der Waals surface area contributed by atoms with Gasteiger partial charge >= 0.3 is 0 Å². The van der Waals surface area contributed by atoms with E-state index in [-0.39, 0.29) is 11.7 Å². The van der Waals surface area contributed by atoms with Gasteiger partial charge in [0.15, 0.2) is 0 Å². The second kappa shape index (κ2) is 9.97. The minimum absolute atomic E-state index is 0.119. The number of carbonyl (C=O) groups excluding carboxylic acids is 1. The van der Waals surface area contributed by atoms with Crippen LogP contribution < -0.4 is 5.32 Å². The van der Waals surface area contributed by atoms with Crippen LogP contribution in [0.5, 0.6) is 0 Å². The van der Waals surface area contributed by atoms with Crippen molar-refractivity contribution in [2.45, 2.75) is 40.0 Å². The summed E-state index contributed by atoms with van der Waals surface area (Å²) in [4.78, 5) is 11.4. The summed E-state index contributed by atoms with van der Waals surface area (Å²) in [6.07, 6.45) is 2.00. The summed E-state index contributed by atoms with van der Waals surface area (Å²) in [7, 11) is -4.11. The Morgan fingerprint density at radius 1 is 1.14 bits per heavy atom. The van der Waals surface area contributed by atoms with E-state index in [2.05, 4.69) is 25.7 Å². The fraction of sp³-hybridized carbons (Fsp3) is 0.800. The van der Waals surface area contributed by atoms with Gasteiger partial charge in [0.2, 0.25) is 5.91 Å². The Kier molecular flexibility index (Phi) is 9.55. The van der Waals surface area contributed by atoms with Crippen LogP contribution in [0.3, 0.4) is 0 Å². The summed E-state index contributed by atoms with van der Waals surface area (Å²) >= 11 is 0. The van der Waals surface area contributed by atoms with Gasteiger partial charge in [0.25, 0.3) is 0 Å². The molecule has 1 amide bonds. The first-order valence-electron chi connectivity index (χ1n) is 7.88. The first kappa shape index (κ1) is 21.1. The molecule has 0 spiro atoms. The fourth-order valence-electron chi connectivity index (χ4n) is 2.46. The first-order chi connectivity index (χ1) is 10.2. The monoisotopic (exact) mass is 334 g/mol. The summed E-state index contributed by atoms with van der Waals surface area (Å²) < 4.78 is 32.7. The molecule has 0 aliphatic rings. The molecule has 0 saturated carbocycles. The van der Waals surface area contributed by atoms with Crippen molar-refractivity contribution >= 4 is 16.0 Å². The highest BCUT2D eigenvalue weighted by Crippen LogP contribution is 2.11. The van der Waals surface area contributed by atoms with Gasteiger partial charge in [0.1, 0.15) is 0 Å². The van der Waals surface area contributed by atoms with Crippen molar-refractivity contribution < 1.29 is 22.2 Å². The second-order valence-corrected chi connectivity index (χ2v) is 7.30. The van der Waals surface area contributed by atoms with Gasteiger partial charge < -0.3 is 14.4 Å². The zero-order chi connectivity index (χ0) is 17.2. The van der Waals surface area contributed by atoms with Gasteiger partial charge in [-0.3, -0.25) is 4.79 Å². The van der Waals surface area contributed by atoms with Crippen molar-refractivity contribution in [2.24, 2.45) is 0 Å². The Labute approximate surface area is 134 Å². The molecule has 0 aromatic rings. The third-order valence-corrected chi connectivity index (χ3v) is 4.89. The van der Waals surface area contributed by atoms with Crippen LogP contribution in [0, 0.1) is 0 Å². The normalized spacial score (nSPS) is 12.2. The standard InChI is InChI=1S/C15H30N2O4S/c1-5-17(6-2,11-7-8-13-22(19,20)21)12-9-10-16-15(18)14(3)4/h3,5-13H2,1-2,4H3,(H-,16,18,19,20,21).